The summed E-state index contributed by atoms with van der Waals surface area (Å²) >= 11 is 0. The van der Waals surface area contributed by atoms with Crippen LogP contribution in [0.3, 0.4) is 0 Å². The third-order valence-corrected chi connectivity index (χ3v) is 4.49. The first-order chi connectivity index (χ1) is 12.1. The molecule has 132 valence electrons. The lowest BCUT2D eigenvalue weighted by Crippen LogP contribution is -2.34. The van der Waals surface area contributed by atoms with Crippen LogP contribution < -0.4 is 0 Å². The van der Waals surface area contributed by atoms with E-state index in [4.69, 9.17) is 0 Å². The second kappa shape index (κ2) is 7.46. The molecule has 1 aliphatic rings. The van der Waals surface area contributed by atoms with E-state index in [1.165, 1.54) is 0 Å². The summed E-state index contributed by atoms with van der Waals surface area (Å²) in [6.07, 6.45) is 3.26. The number of likely N-dealkylation sites (tertiary alicyclic amines) is 1. The number of hydrogen-bond acceptors (Lipinski definition) is 4. The normalized spacial score (nSPS) is 15.9. The molecule has 0 aliphatic carbocycles. The van der Waals surface area contributed by atoms with Crippen LogP contribution in [0.4, 0.5) is 5.69 Å². The number of aromatic hydroxyl groups is 1. The number of hydrogen-bond donors (Lipinski definition) is 1. The number of carbonyl (C=O) groups is 2. The van der Waals surface area contributed by atoms with Gasteiger partial charge in [-0.15, -0.1) is 10.2 Å². The van der Waals surface area contributed by atoms with Gasteiger partial charge in [0.25, 0.3) is 5.91 Å². The summed E-state index contributed by atoms with van der Waals surface area (Å²) in [6.45, 7) is 3.03. The van der Waals surface area contributed by atoms with Crippen molar-refractivity contribution in [3.63, 3.8) is 0 Å². The molecular weight excluding hydrogens is 320 g/mol. The van der Waals surface area contributed by atoms with Gasteiger partial charge in [0.1, 0.15) is 6.54 Å². The Morgan fingerprint density at radius 1 is 1.24 bits per heavy atom. The summed E-state index contributed by atoms with van der Waals surface area (Å²) in [7, 11) is 0. The van der Waals surface area contributed by atoms with Crippen molar-refractivity contribution < 1.29 is 14.7 Å². The average molecular weight is 342 g/mol. The predicted octanol–water partition coefficient (Wildman–Crippen LogP) is 3.38. The Bertz CT molecular complexity index is 825. The second-order valence-corrected chi connectivity index (χ2v) is 6.15. The van der Waals surface area contributed by atoms with E-state index in [0.717, 1.165) is 30.2 Å². The summed E-state index contributed by atoms with van der Waals surface area (Å²) in [5.74, 6) is -0.499. The van der Waals surface area contributed by atoms with Gasteiger partial charge >= 0.3 is 0 Å². The number of fused-ring (bicyclic) bond motifs is 1. The molecule has 2 aromatic rings. The van der Waals surface area contributed by atoms with Crippen molar-refractivity contribution in [2.24, 2.45) is 10.2 Å². The van der Waals surface area contributed by atoms with Crippen LogP contribution >= 0.6 is 0 Å². The molecule has 2 heterocycles. The SMILES string of the molecule is CCn1c(O)c(N=NC(=O)CN2CCCCCC2=O)c2ccccc21. The van der Waals surface area contributed by atoms with Crippen LogP contribution in [-0.2, 0) is 16.1 Å². The molecular formula is C18H22N4O3. The highest BCUT2D eigenvalue weighted by atomic mass is 16.3. The van der Waals surface area contributed by atoms with Crippen molar-refractivity contribution >= 4 is 28.4 Å². The summed E-state index contributed by atoms with van der Waals surface area (Å²) < 4.78 is 1.71. The Morgan fingerprint density at radius 3 is 2.84 bits per heavy atom. The molecule has 1 saturated heterocycles. The molecule has 7 nitrogen and oxygen atoms in total. The summed E-state index contributed by atoms with van der Waals surface area (Å²) in [5.41, 5.74) is 1.12. The lowest BCUT2D eigenvalue weighted by atomic mass is 10.2. The maximum atomic E-state index is 12.1. The van der Waals surface area contributed by atoms with Gasteiger partial charge in [0.2, 0.25) is 11.8 Å². The molecule has 0 radical (unpaired) electrons. The van der Waals surface area contributed by atoms with Crippen LogP contribution in [-0.4, -0.2) is 39.5 Å². The molecule has 3 rings (SSSR count). The van der Waals surface area contributed by atoms with Crippen molar-refractivity contribution in [1.82, 2.24) is 9.47 Å². The van der Waals surface area contributed by atoms with E-state index < -0.39 is 5.91 Å². The molecule has 1 aromatic heterocycles. The van der Waals surface area contributed by atoms with E-state index in [1.807, 2.05) is 31.2 Å². The van der Waals surface area contributed by atoms with Gasteiger partial charge in [0, 0.05) is 24.9 Å². The van der Waals surface area contributed by atoms with E-state index in [1.54, 1.807) is 9.47 Å². The molecule has 1 aromatic carbocycles. The van der Waals surface area contributed by atoms with Gasteiger partial charge in [-0.3, -0.25) is 9.59 Å². The fraction of sp³-hybridized carbons (Fsp3) is 0.444. The van der Waals surface area contributed by atoms with Gasteiger partial charge < -0.3 is 14.6 Å². The molecule has 0 atom stereocenters. The molecule has 1 aliphatic heterocycles. The van der Waals surface area contributed by atoms with E-state index in [0.29, 0.717) is 19.5 Å². The molecule has 1 fully saturated rings. The standard InChI is InChI=1S/C18H22N4O3/c1-2-22-14-9-6-5-8-13(14)17(18(22)25)20-19-15(23)12-21-11-7-3-4-10-16(21)24/h5-6,8-9,25H,2-4,7,10-12H2,1H3. The number of rotatable bonds is 4. The van der Waals surface area contributed by atoms with Crippen LogP contribution in [0.1, 0.15) is 32.6 Å². The van der Waals surface area contributed by atoms with E-state index in [2.05, 4.69) is 10.2 Å². The van der Waals surface area contributed by atoms with Crippen molar-refractivity contribution in [3.8, 4) is 5.88 Å². The molecule has 0 spiro atoms. The van der Waals surface area contributed by atoms with E-state index in [-0.39, 0.29) is 24.0 Å². The fourth-order valence-electron chi connectivity index (χ4n) is 3.20. The summed E-state index contributed by atoms with van der Waals surface area (Å²) in [4.78, 5) is 25.6. The maximum absolute atomic E-state index is 12.1. The Kier molecular flexibility index (Phi) is 5.11. The quantitative estimate of drug-likeness (QED) is 0.864. The summed E-state index contributed by atoms with van der Waals surface area (Å²) in [5, 5.41) is 18.8. The van der Waals surface area contributed by atoms with Crippen LogP contribution in [0, 0.1) is 0 Å². The van der Waals surface area contributed by atoms with Gasteiger partial charge in [0.05, 0.1) is 5.52 Å². The topological polar surface area (TPSA) is 87.3 Å². The largest absolute Gasteiger partial charge is 0.493 e. The highest BCUT2D eigenvalue weighted by molar-refractivity contribution is 5.95. The van der Waals surface area contributed by atoms with E-state index >= 15 is 0 Å². The Hall–Kier alpha value is -2.70. The molecule has 25 heavy (non-hydrogen) atoms. The monoisotopic (exact) mass is 342 g/mol. The van der Waals surface area contributed by atoms with Gasteiger partial charge in [0.15, 0.2) is 5.69 Å². The van der Waals surface area contributed by atoms with Crippen LogP contribution in [0.15, 0.2) is 34.5 Å². The van der Waals surface area contributed by atoms with Gasteiger partial charge in [-0.05, 0) is 25.8 Å². The molecule has 0 bridgehead atoms. The highest BCUT2D eigenvalue weighted by Crippen LogP contribution is 2.38. The Morgan fingerprint density at radius 2 is 2.04 bits per heavy atom. The lowest BCUT2D eigenvalue weighted by molar-refractivity contribution is -0.134. The second-order valence-electron chi connectivity index (χ2n) is 6.15. The van der Waals surface area contributed by atoms with Crippen molar-refractivity contribution in [3.05, 3.63) is 24.3 Å². The van der Waals surface area contributed by atoms with Gasteiger partial charge in [-0.2, -0.15) is 0 Å². The van der Waals surface area contributed by atoms with Crippen LogP contribution in [0.25, 0.3) is 10.9 Å². The van der Waals surface area contributed by atoms with Crippen LogP contribution in [0.2, 0.25) is 0 Å². The molecule has 2 amide bonds. The van der Waals surface area contributed by atoms with Gasteiger partial charge in [-0.25, -0.2) is 0 Å². The third kappa shape index (κ3) is 3.55. The zero-order valence-corrected chi connectivity index (χ0v) is 14.3. The number of aryl methyl sites for hydroxylation is 1. The van der Waals surface area contributed by atoms with E-state index in [9.17, 15) is 14.7 Å². The van der Waals surface area contributed by atoms with Crippen LogP contribution in [0.5, 0.6) is 5.88 Å². The number of aromatic nitrogens is 1. The zero-order valence-electron chi connectivity index (χ0n) is 14.3. The minimum atomic E-state index is -0.483. The lowest BCUT2D eigenvalue weighted by Gasteiger charge is -2.17. The number of carbonyl (C=O) groups excluding carboxylic acids is 2. The number of benzene rings is 1. The predicted molar refractivity (Wildman–Crippen MR) is 93.8 cm³/mol. The molecule has 7 heteroatoms. The van der Waals surface area contributed by atoms with Gasteiger partial charge in [-0.1, -0.05) is 24.6 Å². The van der Waals surface area contributed by atoms with Crippen molar-refractivity contribution in [2.45, 2.75) is 39.2 Å². The minimum absolute atomic E-state index is 0.00789. The van der Waals surface area contributed by atoms with Crippen molar-refractivity contribution in [1.29, 1.82) is 0 Å². The Balaban J connectivity index is 1.80. The zero-order chi connectivity index (χ0) is 17.8. The number of nitrogens with zero attached hydrogens (tertiary/aromatic N) is 4. The highest BCUT2D eigenvalue weighted by Gasteiger charge is 2.20. The Labute approximate surface area is 145 Å². The fourth-order valence-corrected chi connectivity index (χ4v) is 3.20. The third-order valence-electron chi connectivity index (χ3n) is 4.49. The molecule has 0 saturated carbocycles. The first-order valence-electron chi connectivity index (χ1n) is 8.64. The van der Waals surface area contributed by atoms with Crippen molar-refractivity contribution in [2.75, 3.05) is 13.1 Å². The number of azo groups is 1. The average Bonchev–Trinajstić information content (AvgIpc) is 2.72. The summed E-state index contributed by atoms with van der Waals surface area (Å²) in [6, 6.07) is 7.44. The molecule has 0 unspecified atom stereocenters. The number of para-hydroxylation sites is 1. The smallest absolute Gasteiger partial charge is 0.283 e. The molecule has 1 N–H and O–H groups in total. The minimum Gasteiger partial charge on any atom is -0.493 e. The first kappa shape index (κ1) is 17.1. The maximum Gasteiger partial charge on any atom is 0.283 e. The number of amides is 2. The first-order valence-corrected chi connectivity index (χ1v) is 8.64.